The molecule has 2 rings (SSSR count). The zero-order chi connectivity index (χ0) is 6.97. The minimum atomic E-state index is 0.950. The van der Waals surface area contributed by atoms with E-state index in [1.165, 1.54) is 32.6 Å². The third-order valence-electron chi connectivity index (χ3n) is 2.65. The SMILES string of the molecule is IN1CCC2CNCC2C1. The van der Waals surface area contributed by atoms with Crippen LogP contribution in [0, 0.1) is 11.8 Å². The molecule has 0 spiro atoms. The zero-order valence-electron chi connectivity index (χ0n) is 6.02. The van der Waals surface area contributed by atoms with Crippen molar-refractivity contribution in [2.24, 2.45) is 11.8 Å². The molecule has 2 unspecified atom stereocenters. The summed E-state index contributed by atoms with van der Waals surface area (Å²) in [4.78, 5) is 0. The molecule has 2 nitrogen and oxygen atoms in total. The number of fused-ring (bicyclic) bond motifs is 1. The average molecular weight is 252 g/mol. The van der Waals surface area contributed by atoms with E-state index in [-0.39, 0.29) is 0 Å². The van der Waals surface area contributed by atoms with Gasteiger partial charge in [-0.05, 0) is 31.3 Å². The van der Waals surface area contributed by atoms with E-state index < -0.39 is 0 Å². The first-order chi connectivity index (χ1) is 4.86. The molecule has 0 radical (unpaired) electrons. The Morgan fingerprint density at radius 3 is 3.00 bits per heavy atom. The maximum atomic E-state index is 3.45. The van der Waals surface area contributed by atoms with Crippen molar-refractivity contribution in [3.05, 3.63) is 0 Å². The van der Waals surface area contributed by atoms with Crippen LogP contribution in [0.1, 0.15) is 6.42 Å². The van der Waals surface area contributed by atoms with Crippen LogP contribution in [0.5, 0.6) is 0 Å². The maximum absolute atomic E-state index is 3.45. The molecule has 2 heterocycles. The van der Waals surface area contributed by atoms with Crippen LogP contribution in [-0.2, 0) is 0 Å². The Kier molecular flexibility index (Phi) is 2.15. The van der Waals surface area contributed by atoms with Crippen LogP contribution in [-0.4, -0.2) is 29.3 Å². The number of hydrogen-bond donors (Lipinski definition) is 1. The summed E-state index contributed by atoms with van der Waals surface area (Å²) < 4.78 is 2.42. The maximum Gasteiger partial charge on any atom is 0.0201 e. The standard InChI is InChI=1S/C7H13IN2/c8-10-2-1-6-3-9-4-7(6)5-10/h6-7,9H,1-5H2. The Hall–Kier alpha value is 0.650. The third kappa shape index (κ3) is 1.31. The highest BCUT2D eigenvalue weighted by Gasteiger charge is 2.31. The predicted molar refractivity (Wildman–Crippen MR) is 50.1 cm³/mol. The first-order valence-corrected chi connectivity index (χ1v) is 4.94. The van der Waals surface area contributed by atoms with E-state index in [1.807, 2.05) is 0 Å². The molecule has 58 valence electrons. The fourth-order valence-electron chi connectivity index (χ4n) is 1.99. The highest BCUT2D eigenvalue weighted by atomic mass is 127. The van der Waals surface area contributed by atoms with Crippen molar-refractivity contribution in [1.29, 1.82) is 0 Å². The lowest BCUT2D eigenvalue weighted by molar-refractivity contribution is 0.257. The van der Waals surface area contributed by atoms with Gasteiger partial charge in [0.05, 0.1) is 0 Å². The molecule has 0 aromatic carbocycles. The first-order valence-electron chi connectivity index (χ1n) is 3.97. The van der Waals surface area contributed by atoms with Crippen molar-refractivity contribution in [3.63, 3.8) is 0 Å². The monoisotopic (exact) mass is 252 g/mol. The van der Waals surface area contributed by atoms with Gasteiger partial charge in [0.25, 0.3) is 0 Å². The second-order valence-electron chi connectivity index (χ2n) is 3.34. The molecule has 2 aliphatic heterocycles. The molecule has 0 saturated carbocycles. The van der Waals surface area contributed by atoms with Gasteiger partial charge in [-0.15, -0.1) is 0 Å². The fraction of sp³-hybridized carbons (Fsp3) is 1.00. The quantitative estimate of drug-likeness (QED) is 0.508. The van der Waals surface area contributed by atoms with Gasteiger partial charge in [0.2, 0.25) is 0 Å². The number of nitrogens with zero attached hydrogens (tertiary/aromatic N) is 1. The third-order valence-corrected chi connectivity index (χ3v) is 3.53. The number of rotatable bonds is 0. The van der Waals surface area contributed by atoms with Gasteiger partial charge in [-0.2, -0.15) is 0 Å². The first kappa shape index (κ1) is 7.31. The molecule has 10 heavy (non-hydrogen) atoms. The largest absolute Gasteiger partial charge is 0.316 e. The van der Waals surface area contributed by atoms with E-state index in [9.17, 15) is 0 Å². The van der Waals surface area contributed by atoms with Gasteiger partial charge in [0, 0.05) is 36.0 Å². The molecule has 0 amide bonds. The van der Waals surface area contributed by atoms with Gasteiger partial charge in [-0.3, -0.25) is 0 Å². The Morgan fingerprint density at radius 1 is 1.30 bits per heavy atom. The molecule has 2 atom stereocenters. The van der Waals surface area contributed by atoms with Crippen molar-refractivity contribution in [3.8, 4) is 0 Å². The molecule has 0 aliphatic carbocycles. The van der Waals surface area contributed by atoms with Gasteiger partial charge in [-0.25, -0.2) is 3.11 Å². The summed E-state index contributed by atoms with van der Waals surface area (Å²) in [5, 5.41) is 3.45. The summed E-state index contributed by atoms with van der Waals surface area (Å²) >= 11 is 2.44. The van der Waals surface area contributed by atoms with Gasteiger partial charge >= 0.3 is 0 Å². The molecule has 0 aromatic rings. The van der Waals surface area contributed by atoms with Crippen molar-refractivity contribution >= 4 is 22.9 Å². The van der Waals surface area contributed by atoms with E-state index in [0.29, 0.717) is 0 Å². The second-order valence-corrected chi connectivity index (χ2v) is 4.70. The van der Waals surface area contributed by atoms with Gasteiger partial charge < -0.3 is 5.32 Å². The highest BCUT2D eigenvalue weighted by molar-refractivity contribution is 14.1. The molecular weight excluding hydrogens is 239 g/mol. The summed E-state index contributed by atoms with van der Waals surface area (Å²) in [7, 11) is 0. The average Bonchev–Trinajstić information content (AvgIpc) is 2.33. The minimum Gasteiger partial charge on any atom is -0.316 e. The van der Waals surface area contributed by atoms with Crippen LogP contribution in [0.2, 0.25) is 0 Å². The number of nitrogens with one attached hydrogen (secondary N) is 1. The summed E-state index contributed by atoms with van der Waals surface area (Å²) in [6, 6.07) is 0. The predicted octanol–water partition coefficient (Wildman–Crippen LogP) is 0.878. The molecule has 1 N–H and O–H groups in total. The van der Waals surface area contributed by atoms with Crippen LogP contribution in [0.25, 0.3) is 0 Å². The van der Waals surface area contributed by atoms with Crippen molar-refractivity contribution in [2.45, 2.75) is 6.42 Å². The Balaban J connectivity index is 1.96. The topological polar surface area (TPSA) is 15.3 Å². The Morgan fingerprint density at radius 2 is 2.10 bits per heavy atom. The van der Waals surface area contributed by atoms with Crippen LogP contribution in [0.15, 0.2) is 0 Å². The molecular formula is C7H13IN2. The van der Waals surface area contributed by atoms with Crippen LogP contribution in [0.4, 0.5) is 0 Å². The van der Waals surface area contributed by atoms with E-state index in [1.54, 1.807) is 0 Å². The summed E-state index contributed by atoms with van der Waals surface area (Å²) in [6.07, 6.45) is 1.40. The second kappa shape index (κ2) is 2.95. The lowest BCUT2D eigenvalue weighted by atomic mass is 9.90. The minimum absolute atomic E-state index is 0.950. The molecule has 2 saturated heterocycles. The van der Waals surface area contributed by atoms with Crippen molar-refractivity contribution < 1.29 is 0 Å². The Bertz CT molecular complexity index is 129. The van der Waals surface area contributed by atoms with Crippen LogP contribution in [0.3, 0.4) is 0 Å². The number of piperidine rings is 1. The smallest absolute Gasteiger partial charge is 0.0201 e. The fourth-order valence-corrected chi connectivity index (χ4v) is 2.77. The van der Waals surface area contributed by atoms with Crippen molar-refractivity contribution in [1.82, 2.24) is 8.43 Å². The summed E-state index contributed by atoms with van der Waals surface area (Å²) in [5.41, 5.74) is 0. The van der Waals surface area contributed by atoms with E-state index in [2.05, 4.69) is 31.3 Å². The lowest BCUT2D eigenvalue weighted by Gasteiger charge is -2.29. The van der Waals surface area contributed by atoms with Gasteiger partial charge in [0.15, 0.2) is 0 Å². The van der Waals surface area contributed by atoms with Crippen LogP contribution >= 0.6 is 22.9 Å². The van der Waals surface area contributed by atoms with Crippen LogP contribution < -0.4 is 5.32 Å². The van der Waals surface area contributed by atoms with Crippen molar-refractivity contribution in [2.75, 3.05) is 26.2 Å². The normalized spacial score (nSPS) is 41.7. The number of halogens is 1. The summed E-state index contributed by atoms with van der Waals surface area (Å²) in [6.45, 7) is 5.13. The molecule has 0 aromatic heterocycles. The zero-order valence-corrected chi connectivity index (χ0v) is 8.17. The molecule has 2 aliphatic rings. The molecule has 0 bridgehead atoms. The highest BCUT2D eigenvalue weighted by Crippen LogP contribution is 2.27. The van der Waals surface area contributed by atoms with E-state index >= 15 is 0 Å². The van der Waals surface area contributed by atoms with E-state index in [0.717, 1.165) is 11.8 Å². The van der Waals surface area contributed by atoms with Gasteiger partial charge in [-0.1, -0.05) is 0 Å². The Labute approximate surface area is 75.8 Å². The van der Waals surface area contributed by atoms with E-state index in [4.69, 9.17) is 0 Å². The molecule has 3 heteroatoms. The van der Waals surface area contributed by atoms with Gasteiger partial charge in [0.1, 0.15) is 0 Å². The number of hydrogen-bond acceptors (Lipinski definition) is 2. The lowest BCUT2D eigenvalue weighted by Crippen LogP contribution is -2.33. The summed E-state index contributed by atoms with van der Waals surface area (Å²) in [5.74, 6) is 1.94. The molecule has 2 fully saturated rings.